The van der Waals surface area contributed by atoms with Crippen molar-refractivity contribution in [1.29, 1.82) is 5.26 Å². The van der Waals surface area contributed by atoms with Gasteiger partial charge < -0.3 is 5.32 Å². The summed E-state index contributed by atoms with van der Waals surface area (Å²) in [7, 11) is 0. The number of aromatic nitrogens is 1. The van der Waals surface area contributed by atoms with Crippen molar-refractivity contribution < 1.29 is 4.79 Å². The highest BCUT2D eigenvalue weighted by molar-refractivity contribution is 5.96. The van der Waals surface area contributed by atoms with Crippen LogP contribution in [0.2, 0.25) is 0 Å². The molecule has 1 amide bonds. The molecule has 1 N–H and O–H groups in total. The zero-order chi connectivity index (χ0) is 12.9. The lowest BCUT2D eigenvalue weighted by Crippen LogP contribution is -2.28. The highest BCUT2D eigenvalue weighted by atomic mass is 16.1. The van der Waals surface area contributed by atoms with Crippen LogP contribution in [0, 0.1) is 16.7 Å². The Morgan fingerprint density at radius 3 is 2.82 bits per heavy atom. The highest BCUT2D eigenvalue weighted by Crippen LogP contribution is 2.17. The van der Waals surface area contributed by atoms with Gasteiger partial charge in [-0.2, -0.15) is 5.26 Å². The van der Waals surface area contributed by atoms with Gasteiger partial charge >= 0.3 is 0 Å². The Kier molecular flexibility index (Phi) is 4.22. The summed E-state index contributed by atoms with van der Waals surface area (Å²) < 4.78 is 0. The van der Waals surface area contributed by atoms with Crippen LogP contribution < -0.4 is 5.32 Å². The van der Waals surface area contributed by atoms with Crippen molar-refractivity contribution in [3.8, 4) is 6.07 Å². The molecule has 0 saturated carbocycles. The molecule has 0 aliphatic rings. The average molecular weight is 231 g/mol. The standard InChI is InChI=1S/C13H17N3O/c1-13(2,3)5-7-16-12(17)11-9-15-6-4-10(11)8-14/h4,6,9H,5,7H2,1-3H3,(H,16,17). The number of hydrogen-bond acceptors (Lipinski definition) is 3. The molecular weight excluding hydrogens is 214 g/mol. The first-order valence-electron chi connectivity index (χ1n) is 5.56. The van der Waals surface area contributed by atoms with Gasteiger partial charge in [0.2, 0.25) is 0 Å². The van der Waals surface area contributed by atoms with E-state index in [-0.39, 0.29) is 11.3 Å². The van der Waals surface area contributed by atoms with Crippen molar-refractivity contribution in [3.05, 3.63) is 29.6 Å². The molecule has 0 saturated heterocycles. The number of nitrogens with one attached hydrogen (secondary N) is 1. The van der Waals surface area contributed by atoms with E-state index < -0.39 is 0 Å². The minimum absolute atomic E-state index is 0.181. The second-order valence-electron chi connectivity index (χ2n) is 5.10. The number of nitriles is 1. The van der Waals surface area contributed by atoms with Crippen molar-refractivity contribution in [2.24, 2.45) is 5.41 Å². The minimum Gasteiger partial charge on any atom is -0.352 e. The predicted octanol–water partition coefficient (Wildman–Crippen LogP) is 2.12. The number of amides is 1. The van der Waals surface area contributed by atoms with Crippen molar-refractivity contribution in [3.63, 3.8) is 0 Å². The Morgan fingerprint density at radius 2 is 2.24 bits per heavy atom. The van der Waals surface area contributed by atoms with Gasteiger partial charge in [-0.05, 0) is 17.9 Å². The Balaban J connectivity index is 2.62. The van der Waals surface area contributed by atoms with Crippen LogP contribution in [0.4, 0.5) is 0 Å². The van der Waals surface area contributed by atoms with E-state index in [4.69, 9.17) is 5.26 Å². The molecule has 17 heavy (non-hydrogen) atoms. The normalized spacial score (nSPS) is 10.7. The summed E-state index contributed by atoms with van der Waals surface area (Å²) >= 11 is 0. The largest absolute Gasteiger partial charge is 0.352 e. The van der Waals surface area contributed by atoms with Crippen molar-refractivity contribution >= 4 is 5.91 Å². The van der Waals surface area contributed by atoms with E-state index in [1.807, 2.05) is 6.07 Å². The summed E-state index contributed by atoms with van der Waals surface area (Å²) in [6.45, 7) is 6.94. The first-order chi connectivity index (χ1) is 7.94. The summed E-state index contributed by atoms with van der Waals surface area (Å²) in [5.74, 6) is -0.237. The molecule has 1 aromatic rings. The van der Waals surface area contributed by atoms with E-state index in [9.17, 15) is 4.79 Å². The second-order valence-corrected chi connectivity index (χ2v) is 5.10. The van der Waals surface area contributed by atoms with Crippen LogP contribution >= 0.6 is 0 Å². The molecule has 1 heterocycles. The first-order valence-corrected chi connectivity index (χ1v) is 5.56. The molecule has 0 aliphatic carbocycles. The Bertz CT molecular complexity index is 441. The van der Waals surface area contributed by atoms with Gasteiger partial charge in [-0.3, -0.25) is 9.78 Å². The monoisotopic (exact) mass is 231 g/mol. The molecule has 1 aromatic heterocycles. The van der Waals surface area contributed by atoms with Gasteiger partial charge in [0.25, 0.3) is 5.91 Å². The highest BCUT2D eigenvalue weighted by Gasteiger charge is 2.13. The zero-order valence-electron chi connectivity index (χ0n) is 10.4. The molecule has 90 valence electrons. The lowest BCUT2D eigenvalue weighted by Gasteiger charge is -2.18. The lowest BCUT2D eigenvalue weighted by molar-refractivity contribution is 0.0949. The van der Waals surface area contributed by atoms with Crippen LogP contribution in [0.1, 0.15) is 43.1 Å². The summed E-state index contributed by atoms with van der Waals surface area (Å²) in [6.07, 6.45) is 3.82. The van der Waals surface area contributed by atoms with Gasteiger partial charge in [0.05, 0.1) is 11.1 Å². The maximum atomic E-state index is 11.8. The van der Waals surface area contributed by atoms with E-state index in [0.717, 1.165) is 6.42 Å². The van der Waals surface area contributed by atoms with Gasteiger partial charge in [-0.1, -0.05) is 20.8 Å². The first kappa shape index (κ1) is 13.2. The van der Waals surface area contributed by atoms with Crippen LogP contribution in [0.3, 0.4) is 0 Å². The molecule has 1 rings (SSSR count). The zero-order valence-corrected chi connectivity index (χ0v) is 10.4. The summed E-state index contributed by atoms with van der Waals surface area (Å²) in [5.41, 5.74) is 0.873. The predicted molar refractivity (Wildman–Crippen MR) is 65.4 cm³/mol. The molecule has 0 aliphatic heterocycles. The van der Waals surface area contributed by atoms with Gasteiger partial charge in [-0.25, -0.2) is 0 Å². The average Bonchev–Trinajstić information content (AvgIpc) is 2.27. The summed E-state index contributed by atoms with van der Waals surface area (Å²) in [4.78, 5) is 15.7. The SMILES string of the molecule is CC(C)(C)CCNC(=O)c1cnccc1C#N. The number of hydrogen-bond donors (Lipinski definition) is 1. The molecule has 0 fully saturated rings. The topological polar surface area (TPSA) is 65.8 Å². The van der Waals surface area contributed by atoms with Crippen LogP contribution in [-0.2, 0) is 0 Å². The molecule has 0 radical (unpaired) electrons. The fraction of sp³-hybridized carbons (Fsp3) is 0.462. The fourth-order valence-electron chi connectivity index (χ4n) is 1.32. The van der Waals surface area contributed by atoms with Gasteiger partial charge in [-0.15, -0.1) is 0 Å². The number of pyridine rings is 1. The third-order valence-electron chi connectivity index (χ3n) is 2.35. The lowest BCUT2D eigenvalue weighted by atomic mass is 9.92. The Morgan fingerprint density at radius 1 is 1.53 bits per heavy atom. The molecule has 0 aromatic carbocycles. The van der Waals surface area contributed by atoms with E-state index in [1.165, 1.54) is 12.4 Å². The molecule has 0 unspecified atom stereocenters. The second kappa shape index (κ2) is 5.44. The molecule has 4 nitrogen and oxygen atoms in total. The van der Waals surface area contributed by atoms with Gasteiger partial charge in [0.1, 0.15) is 6.07 Å². The van der Waals surface area contributed by atoms with Gasteiger partial charge in [0.15, 0.2) is 0 Å². The van der Waals surface area contributed by atoms with E-state index in [2.05, 4.69) is 31.1 Å². The van der Waals surface area contributed by atoms with Crippen LogP contribution in [0.15, 0.2) is 18.5 Å². The van der Waals surface area contributed by atoms with Gasteiger partial charge in [0, 0.05) is 18.9 Å². The fourth-order valence-corrected chi connectivity index (χ4v) is 1.32. The van der Waals surface area contributed by atoms with Crippen molar-refractivity contribution in [1.82, 2.24) is 10.3 Å². The smallest absolute Gasteiger partial charge is 0.254 e. The van der Waals surface area contributed by atoms with Crippen molar-refractivity contribution in [2.75, 3.05) is 6.54 Å². The number of rotatable bonds is 3. The van der Waals surface area contributed by atoms with Crippen LogP contribution in [0.5, 0.6) is 0 Å². The summed E-state index contributed by atoms with van der Waals surface area (Å²) in [5, 5.41) is 11.7. The molecule has 0 bridgehead atoms. The van der Waals surface area contributed by atoms with E-state index in [0.29, 0.717) is 17.7 Å². The maximum absolute atomic E-state index is 11.8. The van der Waals surface area contributed by atoms with E-state index >= 15 is 0 Å². The quantitative estimate of drug-likeness (QED) is 0.866. The molecule has 4 heteroatoms. The third-order valence-corrected chi connectivity index (χ3v) is 2.35. The van der Waals surface area contributed by atoms with Crippen LogP contribution in [-0.4, -0.2) is 17.4 Å². The number of nitrogens with zero attached hydrogens (tertiary/aromatic N) is 2. The summed E-state index contributed by atoms with van der Waals surface area (Å²) in [6, 6.07) is 3.52. The molecule has 0 atom stereocenters. The van der Waals surface area contributed by atoms with Crippen LogP contribution in [0.25, 0.3) is 0 Å². The van der Waals surface area contributed by atoms with E-state index in [1.54, 1.807) is 6.07 Å². The van der Waals surface area contributed by atoms with Crippen molar-refractivity contribution in [2.45, 2.75) is 27.2 Å². The Hall–Kier alpha value is -1.89. The minimum atomic E-state index is -0.237. The number of carbonyl (C=O) groups is 1. The number of carbonyl (C=O) groups excluding carboxylic acids is 1. The molecule has 0 spiro atoms. The third kappa shape index (κ3) is 4.23. The maximum Gasteiger partial charge on any atom is 0.254 e. The Labute approximate surface area is 102 Å². The molecular formula is C13H17N3O.